The lowest BCUT2D eigenvalue weighted by Gasteiger charge is -2.15. The van der Waals surface area contributed by atoms with Gasteiger partial charge in [-0.1, -0.05) is 34.1 Å². The third-order valence-corrected chi connectivity index (χ3v) is 3.73. The molecular formula is C17H19BrFNO. The molecule has 0 bridgehead atoms. The van der Waals surface area contributed by atoms with Gasteiger partial charge < -0.3 is 10.1 Å². The topological polar surface area (TPSA) is 21.3 Å². The summed E-state index contributed by atoms with van der Waals surface area (Å²) in [5.74, 6) is 0.656. The number of benzene rings is 2. The highest BCUT2D eigenvalue weighted by Gasteiger charge is 2.10. The number of rotatable bonds is 6. The Hall–Kier alpha value is -1.39. The molecule has 0 radical (unpaired) electrons. The Labute approximate surface area is 133 Å². The van der Waals surface area contributed by atoms with Gasteiger partial charge in [0.1, 0.15) is 18.2 Å². The van der Waals surface area contributed by atoms with Gasteiger partial charge in [-0.05, 0) is 43.7 Å². The summed E-state index contributed by atoms with van der Waals surface area (Å²) in [7, 11) is 0. The van der Waals surface area contributed by atoms with E-state index in [2.05, 4.69) is 21.2 Å². The van der Waals surface area contributed by atoms with Crippen LogP contribution in [-0.2, 0) is 0 Å². The smallest absolute Gasteiger partial charge is 0.129 e. The fourth-order valence-corrected chi connectivity index (χ4v) is 2.45. The maximum atomic E-state index is 13.8. The fourth-order valence-electron chi connectivity index (χ4n) is 2.11. The molecule has 1 unspecified atom stereocenters. The lowest BCUT2D eigenvalue weighted by molar-refractivity contribution is 0.306. The van der Waals surface area contributed by atoms with E-state index in [0.717, 1.165) is 10.2 Å². The minimum atomic E-state index is -0.205. The Kier molecular flexibility index (Phi) is 5.76. The monoisotopic (exact) mass is 351 g/mol. The van der Waals surface area contributed by atoms with E-state index < -0.39 is 0 Å². The molecule has 0 aliphatic carbocycles. The average Bonchev–Trinajstić information content (AvgIpc) is 2.43. The largest absolute Gasteiger partial charge is 0.492 e. The van der Waals surface area contributed by atoms with Crippen LogP contribution in [0.1, 0.15) is 24.1 Å². The number of halogens is 2. The molecule has 0 fully saturated rings. The highest BCUT2D eigenvalue weighted by molar-refractivity contribution is 9.10. The maximum Gasteiger partial charge on any atom is 0.129 e. The van der Waals surface area contributed by atoms with Crippen LogP contribution in [0.25, 0.3) is 0 Å². The molecule has 2 aromatic rings. The van der Waals surface area contributed by atoms with Crippen molar-refractivity contribution < 1.29 is 9.13 Å². The summed E-state index contributed by atoms with van der Waals surface area (Å²) in [6, 6.07) is 13.0. The molecular weight excluding hydrogens is 333 g/mol. The van der Waals surface area contributed by atoms with Gasteiger partial charge in [0, 0.05) is 22.6 Å². The van der Waals surface area contributed by atoms with Gasteiger partial charge in [0.05, 0.1) is 0 Å². The van der Waals surface area contributed by atoms with E-state index in [1.54, 1.807) is 6.07 Å². The van der Waals surface area contributed by atoms with Gasteiger partial charge in [0.2, 0.25) is 0 Å². The molecule has 0 amide bonds. The van der Waals surface area contributed by atoms with Crippen LogP contribution in [0.2, 0.25) is 0 Å². The minimum Gasteiger partial charge on any atom is -0.492 e. The van der Waals surface area contributed by atoms with Crippen molar-refractivity contribution in [3.05, 3.63) is 63.9 Å². The van der Waals surface area contributed by atoms with Crippen LogP contribution in [0.3, 0.4) is 0 Å². The number of hydrogen-bond acceptors (Lipinski definition) is 2. The molecule has 1 N–H and O–H groups in total. The van der Waals surface area contributed by atoms with Crippen molar-refractivity contribution in [2.75, 3.05) is 13.2 Å². The van der Waals surface area contributed by atoms with Crippen LogP contribution in [-0.4, -0.2) is 13.2 Å². The third-order valence-electron chi connectivity index (χ3n) is 3.24. The van der Waals surface area contributed by atoms with Crippen molar-refractivity contribution in [2.24, 2.45) is 0 Å². The highest BCUT2D eigenvalue weighted by atomic mass is 79.9. The summed E-state index contributed by atoms with van der Waals surface area (Å²) in [6.07, 6.45) is 0. The molecule has 0 aliphatic heterocycles. The van der Waals surface area contributed by atoms with Crippen LogP contribution in [0.15, 0.2) is 46.9 Å². The van der Waals surface area contributed by atoms with E-state index in [1.807, 2.05) is 44.2 Å². The fraction of sp³-hybridized carbons (Fsp3) is 0.294. The third kappa shape index (κ3) is 4.83. The molecule has 0 saturated heterocycles. The van der Waals surface area contributed by atoms with E-state index in [0.29, 0.717) is 18.7 Å². The second-order valence-electron chi connectivity index (χ2n) is 5.01. The van der Waals surface area contributed by atoms with E-state index in [4.69, 9.17) is 4.74 Å². The van der Waals surface area contributed by atoms with Gasteiger partial charge in [0.15, 0.2) is 0 Å². The Morgan fingerprint density at radius 3 is 2.76 bits per heavy atom. The maximum absolute atomic E-state index is 13.8. The summed E-state index contributed by atoms with van der Waals surface area (Å²) < 4.78 is 20.2. The van der Waals surface area contributed by atoms with E-state index >= 15 is 0 Å². The number of hydrogen-bond donors (Lipinski definition) is 1. The van der Waals surface area contributed by atoms with Gasteiger partial charge in [-0.2, -0.15) is 0 Å². The summed E-state index contributed by atoms with van der Waals surface area (Å²) in [6.45, 7) is 5.18. The first-order valence-corrected chi connectivity index (χ1v) is 7.73. The van der Waals surface area contributed by atoms with Crippen molar-refractivity contribution in [2.45, 2.75) is 19.9 Å². The van der Waals surface area contributed by atoms with Crippen molar-refractivity contribution in [3.63, 3.8) is 0 Å². The van der Waals surface area contributed by atoms with Gasteiger partial charge in [0.25, 0.3) is 0 Å². The molecule has 4 heteroatoms. The normalized spacial score (nSPS) is 12.2. The van der Waals surface area contributed by atoms with Crippen LogP contribution < -0.4 is 10.1 Å². The summed E-state index contributed by atoms with van der Waals surface area (Å²) >= 11 is 3.26. The Morgan fingerprint density at radius 1 is 1.24 bits per heavy atom. The zero-order chi connectivity index (χ0) is 15.2. The van der Waals surface area contributed by atoms with Crippen LogP contribution >= 0.6 is 15.9 Å². The first kappa shape index (κ1) is 16.0. The predicted octanol–water partition coefficient (Wildman–Crippen LogP) is 4.63. The van der Waals surface area contributed by atoms with Crippen LogP contribution in [0.5, 0.6) is 5.75 Å². The molecule has 2 aromatic carbocycles. The molecule has 0 aliphatic rings. The average molecular weight is 352 g/mol. The first-order valence-electron chi connectivity index (χ1n) is 6.94. The number of ether oxygens (including phenoxy) is 1. The zero-order valence-electron chi connectivity index (χ0n) is 12.2. The predicted molar refractivity (Wildman–Crippen MR) is 87.2 cm³/mol. The number of aryl methyl sites for hydroxylation is 1. The molecule has 0 spiro atoms. The second-order valence-corrected chi connectivity index (χ2v) is 5.92. The summed E-state index contributed by atoms with van der Waals surface area (Å²) in [5, 5.41) is 3.26. The molecule has 21 heavy (non-hydrogen) atoms. The molecule has 0 aromatic heterocycles. The minimum absolute atomic E-state index is 0.0563. The molecule has 2 nitrogen and oxygen atoms in total. The van der Waals surface area contributed by atoms with Gasteiger partial charge in [-0.15, -0.1) is 0 Å². The van der Waals surface area contributed by atoms with Crippen LogP contribution in [0, 0.1) is 12.7 Å². The van der Waals surface area contributed by atoms with Crippen LogP contribution in [0.4, 0.5) is 4.39 Å². The van der Waals surface area contributed by atoms with Crippen molar-refractivity contribution >= 4 is 15.9 Å². The molecule has 112 valence electrons. The molecule has 1 atom stereocenters. The number of nitrogens with one attached hydrogen (secondary N) is 1. The standard InChI is InChI=1S/C17H19BrFNO/c1-12-4-3-5-15(10-12)21-9-8-20-13(2)16-7-6-14(18)11-17(16)19/h3-7,10-11,13,20H,8-9H2,1-2H3. The highest BCUT2D eigenvalue weighted by Crippen LogP contribution is 2.20. The second kappa shape index (κ2) is 7.57. The molecule has 0 heterocycles. The van der Waals surface area contributed by atoms with E-state index in [-0.39, 0.29) is 11.9 Å². The quantitative estimate of drug-likeness (QED) is 0.766. The first-order chi connectivity index (χ1) is 10.1. The van der Waals surface area contributed by atoms with Crippen molar-refractivity contribution in [1.29, 1.82) is 0 Å². The van der Waals surface area contributed by atoms with Gasteiger partial charge in [-0.3, -0.25) is 0 Å². The van der Waals surface area contributed by atoms with Crippen molar-refractivity contribution in [3.8, 4) is 5.75 Å². The molecule has 2 rings (SSSR count). The van der Waals surface area contributed by atoms with E-state index in [9.17, 15) is 4.39 Å². The Balaban J connectivity index is 1.80. The van der Waals surface area contributed by atoms with Crippen molar-refractivity contribution in [1.82, 2.24) is 5.32 Å². The Bertz CT molecular complexity index is 603. The Morgan fingerprint density at radius 2 is 2.05 bits per heavy atom. The zero-order valence-corrected chi connectivity index (χ0v) is 13.8. The summed E-state index contributed by atoms with van der Waals surface area (Å²) in [5.41, 5.74) is 1.83. The van der Waals surface area contributed by atoms with Gasteiger partial charge in [-0.25, -0.2) is 4.39 Å². The molecule has 0 saturated carbocycles. The van der Waals surface area contributed by atoms with E-state index in [1.165, 1.54) is 11.6 Å². The SMILES string of the molecule is Cc1cccc(OCCNC(C)c2ccc(Br)cc2F)c1. The lowest BCUT2D eigenvalue weighted by atomic mass is 10.1. The summed E-state index contributed by atoms with van der Waals surface area (Å²) in [4.78, 5) is 0. The van der Waals surface area contributed by atoms with Gasteiger partial charge >= 0.3 is 0 Å². The lowest BCUT2D eigenvalue weighted by Crippen LogP contribution is -2.25.